The van der Waals surface area contributed by atoms with E-state index in [2.05, 4.69) is 35.4 Å². The van der Waals surface area contributed by atoms with Gasteiger partial charge in [0.05, 0.1) is 17.1 Å². The number of nitrogens with zero attached hydrogens (tertiary/aromatic N) is 5. The lowest BCUT2D eigenvalue weighted by Gasteiger charge is -1.99. The van der Waals surface area contributed by atoms with E-state index in [0.717, 1.165) is 17.2 Å². The molecule has 0 aliphatic heterocycles. The normalized spacial score (nSPS) is 10.6. The Balaban J connectivity index is 1.50. The lowest BCUT2D eigenvalue weighted by atomic mass is 10.4. The van der Waals surface area contributed by atoms with E-state index in [1.54, 1.807) is 6.92 Å². The monoisotopic (exact) mass is 413 g/mol. The van der Waals surface area contributed by atoms with Crippen molar-refractivity contribution in [1.82, 2.24) is 24.8 Å². The Kier molecular flexibility index (Phi) is 5.67. The molecule has 0 aliphatic rings. The highest BCUT2D eigenvalue weighted by Gasteiger charge is 2.16. The van der Waals surface area contributed by atoms with Gasteiger partial charge in [-0.25, -0.2) is 4.98 Å². The number of thioether (sulfide) groups is 1. The number of thiazole rings is 1. The Labute approximate surface area is 158 Å². The summed E-state index contributed by atoms with van der Waals surface area (Å²) in [7, 11) is 0. The summed E-state index contributed by atoms with van der Waals surface area (Å²) in [6.45, 7) is 3.57. The summed E-state index contributed by atoms with van der Waals surface area (Å²) in [6.07, 6.45) is 0. The zero-order valence-corrected chi connectivity index (χ0v) is 16.2. The molecule has 13 heteroatoms. The van der Waals surface area contributed by atoms with Crippen LogP contribution in [0.5, 0.6) is 0 Å². The fourth-order valence-corrected chi connectivity index (χ4v) is 4.41. The Morgan fingerprint density at radius 2 is 2.00 bits per heavy atom. The summed E-state index contributed by atoms with van der Waals surface area (Å²) < 4.78 is 4.30. The van der Waals surface area contributed by atoms with Gasteiger partial charge < -0.3 is 5.32 Å². The molecule has 0 spiro atoms. The smallest absolute Gasteiger partial charge is 0.271 e. The van der Waals surface area contributed by atoms with E-state index in [9.17, 15) is 9.59 Å². The molecule has 3 heterocycles. The minimum atomic E-state index is -0.322. The van der Waals surface area contributed by atoms with Gasteiger partial charge in [0.1, 0.15) is 4.88 Å². The average Bonchev–Trinajstić information content (AvgIpc) is 3.28. The molecule has 3 aromatic heterocycles. The van der Waals surface area contributed by atoms with E-state index in [4.69, 9.17) is 0 Å². The number of nitrogens with one attached hydrogen (secondary N) is 2. The Morgan fingerprint density at radius 1 is 1.16 bits per heavy atom. The van der Waals surface area contributed by atoms with Crippen LogP contribution >= 0.6 is 46.0 Å². The average molecular weight is 414 g/mol. The largest absolute Gasteiger partial charge is 0.301 e. The van der Waals surface area contributed by atoms with Gasteiger partial charge in [-0.05, 0) is 25.4 Å². The van der Waals surface area contributed by atoms with Crippen molar-refractivity contribution < 1.29 is 9.59 Å². The molecule has 0 saturated heterocycles. The Bertz CT molecular complexity index is 903. The van der Waals surface area contributed by atoms with Gasteiger partial charge in [0, 0.05) is 5.38 Å². The van der Waals surface area contributed by atoms with E-state index in [-0.39, 0.29) is 17.6 Å². The third kappa shape index (κ3) is 4.78. The summed E-state index contributed by atoms with van der Waals surface area (Å²) in [6, 6.07) is 0. The predicted octanol–water partition coefficient (Wildman–Crippen LogP) is 2.45. The lowest BCUT2D eigenvalue weighted by molar-refractivity contribution is -0.113. The van der Waals surface area contributed by atoms with E-state index in [1.807, 2.05) is 12.3 Å². The second-order valence-corrected chi connectivity index (χ2v) is 8.46. The summed E-state index contributed by atoms with van der Waals surface area (Å²) in [4.78, 5) is 28.5. The molecule has 0 unspecified atom stereocenters. The van der Waals surface area contributed by atoms with Crippen molar-refractivity contribution in [2.24, 2.45) is 0 Å². The molecule has 9 nitrogen and oxygen atoms in total. The van der Waals surface area contributed by atoms with E-state index < -0.39 is 0 Å². The van der Waals surface area contributed by atoms with Crippen LogP contribution in [-0.2, 0) is 4.79 Å². The van der Waals surface area contributed by atoms with Gasteiger partial charge in [-0.2, -0.15) is 0 Å². The third-order valence-corrected chi connectivity index (χ3v) is 6.35. The van der Waals surface area contributed by atoms with Crippen molar-refractivity contribution in [3.63, 3.8) is 0 Å². The second kappa shape index (κ2) is 7.95. The molecular formula is C12H11N7O2S4. The summed E-state index contributed by atoms with van der Waals surface area (Å²) in [5.41, 5.74) is 1.43. The van der Waals surface area contributed by atoms with E-state index >= 15 is 0 Å². The van der Waals surface area contributed by atoms with Gasteiger partial charge in [0.2, 0.25) is 11.0 Å². The minimum absolute atomic E-state index is 0.175. The molecule has 130 valence electrons. The maximum Gasteiger partial charge on any atom is 0.271 e. The number of carbonyl (C=O) groups is 2. The van der Waals surface area contributed by atoms with Crippen molar-refractivity contribution in [2.45, 2.75) is 18.2 Å². The molecule has 0 aromatic carbocycles. The molecule has 0 bridgehead atoms. The van der Waals surface area contributed by atoms with Crippen LogP contribution in [0.15, 0.2) is 9.72 Å². The van der Waals surface area contributed by atoms with E-state index in [1.165, 1.54) is 34.4 Å². The summed E-state index contributed by atoms with van der Waals surface area (Å²) in [5.74, 6) is -0.317. The van der Waals surface area contributed by atoms with Crippen LogP contribution in [0.2, 0.25) is 0 Å². The highest BCUT2D eigenvalue weighted by atomic mass is 32.2. The molecule has 2 amide bonds. The highest BCUT2D eigenvalue weighted by molar-refractivity contribution is 8.01. The quantitative estimate of drug-likeness (QED) is 0.467. The molecular weight excluding hydrogens is 402 g/mol. The van der Waals surface area contributed by atoms with Crippen LogP contribution in [0.4, 0.5) is 10.3 Å². The van der Waals surface area contributed by atoms with Crippen LogP contribution in [0.1, 0.15) is 21.1 Å². The van der Waals surface area contributed by atoms with Crippen LogP contribution < -0.4 is 10.6 Å². The molecule has 0 aliphatic carbocycles. The van der Waals surface area contributed by atoms with Crippen molar-refractivity contribution in [1.29, 1.82) is 0 Å². The number of hydrogen-bond acceptors (Lipinski definition) is 11. The number of anilines is 2. The van der Waals surface area contributed by atoms with Crippen LogP contribution in [0.25, 0.3) is 0 Å². The van der Waals surface area contributed by atoms with Crippen molar-refractivity contribution in [2.75, 3.05) is 16.4 Å². The van der Waals surface area contributed by atoms with Gasteiger partial charge in [-0.1, -0.05) is 27.6 Å². The number of aryl methyl sites for hydroxylation is 2. The molecule has 0 atom stereocenters. The topological polar surface area (TPSA) is 123 Å². The fourth-order valence-electron chi connectivity index (χ4n) is 1.61. The molecule has 3 rings (SSSR count). The van der Waals surface area contributed by atoms with E-state index in [0.29, 0.717) is 25.2 Å². The number of rotatable bonds is 6. The molecule has 0 radical (unpaired) electrons. The zero-order valence-electron chi connectivity index (χ0n) is 13.0. The summed E-state index contributed by atoms with van der Waals surface area (Å²) >= 11 is 4.83. The first-order valence-electron chi connectivity index (χ1n) is 6.80. The number of amides is 2. The fraction of sp³-hybridized carbons (Fsp3) is 0.250. The molecule has 3 aromatic rings. The Morgan fingerprint density at radius 3 is 2.68 bits per heavy atom. The molecule has 0 saturated carbocycles. The summed E-state index contributed by atoms with van der Waals surface area (Å²) in [5, 5.41) is 19.8. The van der Waals surface area contributed by atoms with Crippen LogP contribution in [0.3, 0.4) is 0 Å². The number of carbonyl (C=O) groups excluding carboxylic acids is 2. The first kappa shape index (κ1) is 17.8. The third-order valence-electron chi connectivity index (χ3n) is 2.68. The SMILES string of the molecule is Cc1csc(NC(=O)CSc2nnc(NC(=O)c3snnc3C)s2)n1. The second-order valence-electron chi connectivity index (χ2n) is 4.65. The molecule has 2 N–H and O–H groups in total. The van der Waals surface area contributed by atoms with Gasteiger partial charge in [0.15, 0.2) is 9.47 Å². The maximum atomic E-state index is 12.1. The lowest BCUT2D eigenvalue weighted by Crippen LogP contribution is -2.13. The predicted molar refractivity (Wildman–Crippen MR) is 98.7 cm³/mol. The van der Waals surface area contributed by atoms with Gasteiger partial charge >= 0.3 is 0 Å². The number of hydrogen-bond donors (Lipinski definition) is 2. The Hall–Kier alpha value is -1.96. The molecule has 0 fully saturated rings. The first-order chi connectivity index (χ1) is 12.0. The number of aromatic nitrogens is 5. The van der Waals surface area contributed by atoms with Gasteiger partial charge in [-0.3, -0.25) is 14.9 Å². The molecule has 25 heavy (non-hydrogen) atoms. The highest BCUT2D eigenvalue weighted by Crippen LogP contribution is 2.26. The van der Waals surface area contributed by atoms with Crippen LogP contribution in [-0.4, -0.2) is 42.3 Å². The van der Waals surface area contributed by atoms with Crippen LogP contribution in [0, 0.1) is 13.8 Å². The van der Waals surface area contributed by atoms with Crippen molar-refractivity contribution in [3.8, 4) is 0 Å². The standard InChI is InChI=1S/C12H11N7O2S4/c1-5-3-22-10(13-5)14-7(20)4-23-12-18-17-11(24-12)15-9(21)8-6(2)16-19-25-8/h3H,4H2,1-2H3,(H,13,14,20)(H,15,17,21). The van der Waals surface area contributed by atoms with Gasteiger partial charge in [0.25, 0.3) is 5.91 Å². The first-order valence-corrected chi connectivity index (χ1v) is 10.3. The van der Waals surface area contributed by atoms with Crippen molar-refractivity contribution >= 4 is 68.0 Å². The van der Waals surface area contributed by atoms with Gasteiger partial charge in [-0.15, -0.1) is 26.6 Å². The maximum absolute atomic E-state index is 12.1. The zero-order chi connectivity index (χ0) is 17.8. The van der Waals surface area contributed by atoms with Crippen molar-refractivity contribution in [3.05, 3.63) is 21.6 Å². The minimum Gasteiger partial charge on any atom is -0.301 e.